The Morgan fingerprint density at radius 3 is 2.83 bits per heavy atom. The number of amides is 1. The summed E-state index contributed by atoms with van der Waals surface area (Å²) in [6.45, 7) is 3.59. The second-order valence-electron chi connectivity index (χ2n) is 5.11. The average Bonchev–Trinajstić information content (AvgIpc) is 2.93. The van der Waals surface area contributed by atoms with Crippen LogP contribution in [0, 0.1) is 0 Å². The molecule has 98 valence electrons. The molecule has 3 rings (SSSR count). The lowest BCUT2D eigenvalue weighted by Crippen LogP contribution is -2.46. The number of ether oxygens (including phenoxy) is 1. The zero-order chi connectivity index (χ0) is 12.6. The number of aromatic nitrogens is 1. The molecule has 0 saturated carbocycles. The molecule has 1 aromatic heterocycles. The number of piperidine rings is 1. The number of likely N-dealkylation sites (tertiary alicyclic amines) is 1. The number of rotatable bonds is 2. The maximum absolute atomic E-state index is 11.5. The molecular weight excluding hydrogens is 250 g/mol. The third kappa shape index (κ3) is 2.22. The van der Waals surface area contributed by atoms with Gasteiger partial charge in [0.15, 0.2) is 0 Å². The number of hydrogen-bond donors (Lipinski definition) is 0. The summed E-state index contributed by atoms with van der Waals surface area (Å²) in [5.74, 6) is 0. The second-order valence-corrected chi connectivity index (χ2v) is 6.09. The largest absolute Gasteiger partial charge is 0.441 e. The van der Waals surface area contributed by atoms with Crippen LogP contribution in [0.3, 0.4) is 0 Å². The minimum atomic E-state index is -0.231. The monoisotopic (exact) mass is 267 g/mol. The highest BCUT2D eigenvalue weighted by molar-refractivity contribution is 7.09. The van der Waals surface area contributed by atoms with Gasteiger partial charge in [-0.05, 0) is 0 Å². The second kappa shape index (κ2) is 4.51. The predicted molar refractivity (Wildman–Crippen MR) is 68.5 cm³/mol. The lowest BCUT2D eigenvalue weighted by molar-refractivity contribution is -0.00120. The van der Waals surface area contributed by atoms with Gasteiger partial charge in [0.25, 0.3) is 0 Å². The molecule has 18 heavy (non-hydrogen) atoms. The highest BCUT2D eigenvalue weighted by Crippen LogP contribution is 2.32. The van der Waals surface area contributed by atoms with Crippen molar-refractivity contribution < 1.29 is 9.53 Å². The van der Waals surface area contributed by atoms with Gasteiger partial charge in [0, 0.05) is 44.6 Å². The summed E-state index contributed by atoms with van der Waals surface area (Å²) in [6.07, 6.45) is 3.52. The molecule has 2 aliphatic rings. The summed E-state index contributed by atoms with van der Waals surface area (Å²) in [6, 6.07) is 0. The van der Waals surface area contributed by atoms with E-state index in [4.69, 9.17) is 4.74 Å². The minimum absolute atomic E-state index is 0.177. The lowest BCUT2D eigenvalue weighted by atomic mass is 9.91. The minimum Gasteiger partial charge on any atom is -0.441 e. The van der Waals surface area contributed by atoms with E-state index in [0.717, 1.165) is 44.0 Å². The van der Waals surface area contributed by atoms with E-state index in [1.165, 1.54) is 0 Å². The molecular formula is C12H17N3O2S. The Bertz CT molecular complexity index is 427. The van der Waals surface area contributed by atoms with Crippen molar-refractivity contribution in [1.82, 2.24) is 14.8 Å². The molecule has 0 aromatic carbocycles. The Kier molecular flexibility index (Phi) is 2.99. The summed E-state index contributed by atoms with van der Waals surface area (Å²) in [5, 5.41) is 3.17. The zero-order valence-corrected chi connectivity index (χ0v) is 11.3. The fourth-order valence-corrected chi connectivity index (χ4v) is 3.35. The molecule has 5 nitrogen and oxygen atoms in total. The number of hydrogen-bond acceptors (Lipinski definition) is 5. The molecule has 2 saturated heterocycles. The first-order chi connectivity index (χ1) is 8.67. The molecule has 1 spiro atoms. The van der Waals surface area contributed by atoms with E-state index in [1.54, 1.807) is 23.3 Å². The first-order valence-corrected chi connectivity index (χ1v) is 7.10. The topological polar surface area (TPSA) is 45.7 Å². The summed E-state index contributed by atoms with van der Waals surface area (Å²) in [7, 11) is 1.80. The van der Waals surface area contributed by atoms with Crippen LogP contribution in [0.2, 0.25) is 0 Å². The summed E-state index contributed by atoms with van der Waals surface area (Å²) in [5.41, 5.74) is -0.231. The van der Waals surface area contributed by atoms with Crippen molar-refractivity contribution in [3.05, 3.63) is 16.6 Å². The van der Waals surface area contributed by atoms with E-state index in [0.29, 0.717) is 0 Å². The molecule has 0 N–H and O–H groups in total. The number of thiazole rings is 1. The standard InChI is InChI=1S/C12H17N3O2S/c1-14-9-12(17-11(14)16)2-5-15(6-3-12)8-10-13-4-7-18-10/h4,7H,2-3,5-6,8-9H2,1H3. The number of nitrogens with zero attached hydrogens (tertiary/aromatic N) is 3. The number of likely N-dealkylation sites (N-methyl/N-ethyl adjacent to an activating group) is 1. The van der Waals surface area contributed by atoms with Crippen molar-refractivity contribution in [1.29, 1.82) is 0 Å². The van der Waals surface area contributed by atoms with Crippen molar-refractivity contribution in [2.45, 2.75) is 25.0 Å². The van der Waals surface area contributed by atoms with Gasteiger partial charge in [-0.3, -0.25) is 4.90 Å². The Morgan fingerprint density at radius 1 is 1.50 bits per heavy atom. The zero-order valence-electron chi connectivity index (χ0n) is 10.5. The van der Waals surface area contributed by atoms with E-state index in [1.807, 2.05) is 11.6 Å². The van der Waals surface area contributed by atoms with Gasteiger partial charge in [0.2, 0.25) is 0 Å². The van der Waals surface area contributed by atoms with E-state index in [9.17, 15) is 4.79 Å². The Balaban J connectivity index is 1.57. The van der Waals surface area contributed by atoms with Crippen LogP contribution < -0.4 is 0 Å². The normalized spacial score (nSPS) is 23.6. The van der Waals surface area contributed by atoms with Gasteiger partial charge in [-0.1, -0.05) is 0 Å². The fourth-order valence-electron chi connectivity index (χ4n) is 2.69. The van der Waals surface area contributed by atoms with Crippen molar-refractivity contribution in [2.75, 3.05) is 26.7 Å². The first kappa shape index (κ1) is 11.9. The van der Waals surface area contributed by atoms with E-state index >= 15 is 0 Å². The summed E-state index contributed by atoms with van der Waals surface area (Å²) in [4.78, 5) is 19.8. The molecule has 0 aliphatic carbocycles. The Labute approximate surface area is 110 Å². The van der Waals surface area contributed by atoms with Gasteiger partial charge in [0.1, 0.15) is 10.6 Å². The highest BCUT2D eigenvalue weighted by Gasteiger charge is 2.45. The molecule has 0 unspecified atom stereocenters. The van der Waals surface area contributed by atoms with Crippen molar-refractivity contribution in [3.8, 4) is 0 Å². The summed E-state index contributed by atoms with van der Waals surface area (Å²) >= 11 is 1.69. The van der Waals surface area contributed by atoms with Crippen LogP contribution in [-0.4, -0.2) is 53.2 Å². The van der Waals surface area contributed by atoms with Crippen LogP contribution in [0.1, 0.15) is 17.8 Å². The average molecular weight is 267 g/mol. The smallest absolute Gasteiger partial charge is 0.410 e. The van der Waals surface area contributed by atoms with Crippen LogP contribution in [0.15, 0.2) is 11.6 Å². The Morgan fingerprint density at radius 2 is 2.28 bits per heavy atom. The van der Waals surface area contributed by atoms with Crippen LogP contribution in [0.5, 0.6) is 0 Å². The van der Waals surface area contributed by atoms with Gasteiger partial charge >= 0.3 is 6.09 Å². The van der Waals surface area contributed by atoms with Gasteiger partial charge in [-0.15, -0.1) is 11.3 Å². The number of carbonyl (C=O) groups is 1. The first-order valence-electron chi connectivity index (χ1n) is 6.22. The van der Waals surface area contributed by atoms with E-state index < -0.39 is 0 Å². The van der Waals surface area contributed by atoms with Crippen molar-refractivity contribution in [2.24, 2.45) is 0 Å². The van der Waals surface area contributed by atoms with Gasteiger partial charge in [-0.25, -0.2) is 9.78 Å². The molecule has 2 aliphatic heterocycles. The molecule has 1 amide bonds. The van der Waals surface area contributed by atoms with Gasteiger partial charge < -0.3 is 9.64 Å². The quantitative estimate of drug-likeness (QED) is 0.816. The maximum atomic E-state index is 11.5. The molecule has 0 radical (unpaired) electrons. The van der Waals surface area contributed by atoms with Crippen LogP contribution in [0.4, 0.5) is 4.79 Å². The van der Waals surface area contributed by atoms with Crippen LogP contribution in [0.25, 0.3) is 0 Å². The molecule has 1 aromatic rings. The van der Waals surface area contributed by atoms with E-state index in [-0.39, 0.29) is 11.7 Å². The summed E-state index contributed by atoms with van der Waals surface area (Å²) < 4.78 is 5.53. The molecule has 0 atom stereocenters. The van der Waals surface area contributed by atoms with Gasteiger partial charge in [0.05, 0.1) is 13.1 Å². The molecule has 6 heteroatoms. The SMILES string of the molecule is CN1CC2(CCN(Cc3nccs3)CC2)OC1=O. The van der Waals surface area contributed by atoms with Crippen LogP contribution in [-0.2, 0) is 11.3 Å². The van der Waals surface area contributed by atoms with Gasteiger partial charge in [-0.2, -0.15) is 0 Å². The van der Waals surface area contributed by atoms with E-state index in [2.05, 4.69) is 9.88 Å². The maximum Gasteiger partial charge on any atom is 0.410 e. The van der Waals surface area contributed by atoms with Crippen LogP contribution >= 0.6 is 11.3 Å². The predicted octanol–water partition coefficient (Wildman–Crippen LogP) is 1.56. The molecule has 2 fully saturated rings. The highest BCUT2D eigenvalue weighted by atomic mass is 32.1. The lowest BCUT2D eigenvalue weighted by Gasteiger charge is -2.36. The molecule has 0 bridgehead atoms. The van der Waals surface area contributed by atoms with Crippen molar-refractivity contribution in [3.63, 3.8) is 0 Å². The third-order valence-corrected chi connectivity index (χ3v) is 4.51. The van der Waals surface area contributed by atoms with Crippen molar-refractivity contribution >= 4 is 17.4 Å². The fraction of sp³-hybridized carbons (Fsp3) is 0.667. The third-order valence-electron chi connectivity index (χ3n) is 3.75. The Hall–Kier alpha value is -1.14. The number of carbonyl (C=O) groups excluding carboxylic acids is 1. The molecule has 3 heterocycles.